The Morgan fingerprint density at radius 1 is 0.438 bits per heavy atom. The molecule has 4 unspecified atom stereocenters. The average molecular weight is 958 g/mol. The van der Waals surface area contributed by atoms with Gasteiger partial charge < -0.3 is 14.7 Å². The van der Waals surface area contributed by atoms with Crippen molar-refractivity contribution in [1.82, 2.24) is 0 Å². The van der Waals surface area contributed by atoms with Crippen LogP contribution in [0.2, 0.25) is 0 Å². The van der Waals surface area contributed by atoms with E-state index in [4.69, 9.17) is 0 Å². The van der Waals surface area contributed by atoms with E-state index < -0.39 is 0 Å². The minimum absolute atomic E-state index is 0.0123. The molecule has 7 aromatic carbocycles. The minimum atomic E-state index is -0.210. The van der Waals surface area contributed by atoms with Gasteiger partial charge in [0.15, 0.2) is 0 Å². The van der Waals surface area contributed by atoms with Gasteiger partial charge in [0.1, 0.15) is 0 Å². The molecule has 3 nitrogen and oxygen atoms in total. The van der Waals surface area contributed by atoms with E-state index in [-0.39, 0.29) is 44.9 Å². The van der Waals surface area contributed by atoms with Gasteiger partial charge in [-0.2, -0.15) is 0 Å². The van der Waals surface area contributed by atoms with Crippen LogP contribution < -0.4 is 31.1 Å². The summed E-state index contributed by atoms with van der Waals surface area (Å²) < 4.78 is 0. The molecule has 0 radical (unpaired) electrons. The highest BCUT2D eigenvalue weighted by molar-refractivity contribution is 7.00. The molecule has 0 bridgehead atoms. The van der Waals surface area contributed by atoms with Crippen molar-refractivity contribution in [3.05, 3.63) is 179 Å². The van der Waals surface area contributed by atoms with Crippen LogP contribution in [-0.4, -0.2) is 17.8 Å². The van der Waals surface area contributed by atoms with Crippen molar-refractivity contribution in [2.45, 2.75) is 173 Å². The lowest BCUT2D eigenvalue weighted by atomic mass is 9.33. The molecular weight excluding hydrogens is 882 g/mol. The van der Waals surface area contributed by atoms with Crippen LogP contribution in [-0.2, 0) is 27.1 Å². The molecule has 0 N–H and O–H groups in total. The average Bonchev–Trinajstić information content (AvgIpc) is 3.74. The van der Waals surface area contributed by atoms with Crippen molar-refractivity contribution in [3.8, 4) is 11.1 Å². The van der Waals surface area contributed by atoms with Gasteiger partial charge in [-0.05, 0) is 148 Å². The monoisotopic (exact) mass is 958 g/mol. The van der Waals surface area contributed by atoms with E-state index in [1.165, 1.54) is 133 Å². The highest BCUT2D eigenvalue weighted by atomic mass is 15.3. The summed E-state index contributed by atoms with van der Waals surface area (Å²) in [6.45, 7) is 29.3. The summed E-state index contributed by atoms with van der Waals surface area (Å²) in [5, 5.41) is 0. The lowest BCUT2D eigenvalue weighted by Crippen LogP contribution is -2.65. The zero-order valence-corrected chi connectivity index (χ0v) is 45.9. The quantitative estimate of drug-likeness (QED) is 0.163. The van der Waals surface area contributed by atoms with Crippen LogP contribution >= 0.6 is 0 Å². The maximum absolute atomic E-state index is 2.96. The van der Waals surface area contributed by atoms with Gasteiger partial charge in [-0.1, -0.05) is 204 Å². The van der Waals surface area contributed by atoms with Crippen molar-refractivity contribution in [1.29, 1.82) is 0 Å². The predicted octanol–water partition coefficient (Wildman–Crippen LogP) is 16.4. The van der Waals surface area contributed by atoms with Gasteiger partial charge in [-0.3, -0.25) is 0 Å². The normalized spacial score (nSPS) is 24.7. The smallest absolute Gasteiger partial charge is 0.252 e. The number of hydrogen-bond donors (Lipinski definition) is 0. The van der Waals surface area contributed by atoms with Crippen LogP contribution in [0.15, 0.2) is 146 Å². The van der Waals surface area contributed by atoms with Crippen molar-refractivity contribution in [3.63, 3.8) is 0 Å². The maximum atomic E-state index is 2.96. The van der Waals surface area contributed by atoms with Crippen LogP contribution in [0.3, 0.4) is 0 Å². The second kappa shape index (κ2) is 15.5. The Bertz CT molecular complexity index is 3390. The van der Waals surface area contributed by atoms with Crippen LogP contribution in [0.1, 0.15) is 168 Å². The van der Waals surface area contributed by atoms with E-state index in [1.54, 1.807) is 0 Å². The molecule has 370 valence electrons. The van der Waals surface area contributed by atoms with E-state index in [9.17, 15) is 0 Å². The van der Waals surface area contributed by atoms with Gasteiger partial charge in [0.25, 0.3) is 6.71 Å². The fraction of sp³-hybridized carbons (Fsp3) is 0.391. The molecule has 2 aliphatic carbocycles. The number of anilines is 7. The van der Waals surface area contributed by atoms with E-state index in [0.29, 0.717) is 0 Å². The summed E-state index contributed by atoms with van der Waals surface area (Å²) in [6.07, 6.45) is 9.54. The Morgan fingerprint density at radius 2 is 1.01 bits per heavy atom. The van der Waals surface area contributed by atoms with Crippen LogP contribution in [0, 0.1) is 0 Å². The third-order valence-corrected chi connectivity index (χ3v) is 20.0. The summed E-state index contributed by atoms with van der Waals surface area (Å²) in [6, 6.07) is 58.3. The molecule has 7 aromatic rings. The van der Waals surface area contributed by atoms with Crippen LogP contribution in [0.25, 0.3) is 11.1 Å². The molecule has 4 atom stereocenters. The Hall–Kier alpha value is -6.00. The van der Waals surface area contributed by atoms with Crippen LogP contribution in [0.4, 0.5) is 39.8 Å². The van der Waals surface area contributed by atoms with Crippen molar-refractivity contribution in [2.24, 2.45) is 0 Å². The molecule has 4 heterocycles. The van der Waals surface area contributed by atoms with E-state index in [1.807, 2.05) is 0 Å². The topological polar surface area (TPSA) is 9.72 Å². The second-order valence-electron chi connectivity index (χ2n) is 27.0. The minimum Gasteiger partial charge on any atom is -0.335 e. The van der Waals surface area contributed by atoms with Gasteiger partial charge in [-0.25, -0.2) is 0 Å². The molecule has 4 aliphatic heterocycles. The molecule has 2 saturated carbocycles. The number of benzene rings is 7. The van der Waals surface area contributed by atoms with Gasteiger partial charge in [0, 0.05) is 50.5 Å². The number of para-hydroxylation sites is 1. The number of rotatable bonds is 4. The van der Waals surface area contributed by atoms with E-state index >= 15 is 0 Å². The molecule has 2 fully saturated rings. The Balaban J connectivity index is 1.18. The first-order valence-corrected chi connectivity index (χ1v) is 28.0. The lowest BCUT2D eigenvalue weighted by molar-refractivity contribution is 0.194. The van der Waals surface area contributed by atoms with Gasteiger partial charge >= 0.3 is 0 Å². The first-order chi connectivity index (χ1) is 34.7. The molecule has 4 heteroatoms. The zero-order chi connectivity index (χ0) is 50.8. The molecule has 6 aliphatic rings. The lowest BCUT2D eigenvalue weighted by Gasteiger charge is -2.54. The number of fused-ring (bicyclic) bond motifs is 10. The summed E-state index contributed by atoms with van der Waals surface area (Å²) >= 11 is 0. The molecule has 13 rings (SSSR count). The standard InChI is InChI=1S/C69H76BN3/c1-63(2,3)47-30-33-56(51(40-47)45-24-15-13-16-25-45)71-58-35-32-49(65(7,8)9)42-55(58)70-54-29-23-28-52-62(54)73(68(12)38-21-22-39-69(52,68)46-26-17-14-18-27-46)60-44-50(43-59(71)61(60)70)72-57-34-31-48(64(4,5)6)41-53(57)66(10)36-19-20-37-67(66,72)11/h13-18,23-35,40-44H,19-22,36-39H2,1-12H3. The molecule has 0 spiro atoms. The van der Waals surface area contributed by atoms with Crippen molar-refractivity contribution in [2.75, 3.05) is 14.7 Å². The van der Waals surface area contributed by atoms with Crippen molar-refractivity contribution >= 4 is 62.9 Å². The SMILES string of the molecule is CC(C)(C)c1ccc2c(c1)B1c3cccc4c3N(c3cc(N5c6ccc(C(C)(C)C)cc6C6(C)CCCCC56C)cc(c31)N2c1ccc(C(C)(C)C)cc1-c1ccccc1)C1(C)CCCCC41c1ccccc1. The van der Waals surface area contributed by atoms with E-state index in [0.717, 1.165) is 19.3 Å². The highest BCUT2D eigenvalue weighted by Gasteiger charge is 2.65. The van der Waals surface area contributed by atoms with E-state index in [2.05, 4.69) is 243 Å². The fourth-order valence-corrected chi connectivity index (χ4v) is 15.8. The largest absolute Gasteiger partial charge is 0.335 e. The van der Waals surface area contributed by atoms with Crippen LogP contribution in [0.5, 0.6) is 0 Å². The number of hydrogen-bond acceptors (Lipinski definition) is 3. The molecule has 73 heavy (non-hydrogen) atoms. The second-order valence-corrected chi connectivity index (χ2v) is 27.0. The fourth-order valence-electron chi connectivity index (χ4n) is 15.8. The highest BCUT2D eigenvalue weighted by Crippen LogP contribution is 2.66. The molecule has 0 amide bonds. The van der Waals surface area contributed by atoms with Gasteiger partial charge in [0.05, 0.1) is 16.8 Å². The third kappa shape index (κ3) is 6.31. The molecular formula is C69H76BN3. The van der Waals surface area contributed by atoms with Gasteiger partial charge in [-0.15, -0.1) is 0 Å². The Kier molecular flexibility index (Phi) is 9.95. The van der Waals surface area contributed by atoms with Gasteiger partial charge in [0.2, 0.25) is 0 Å². The third-order valence-electron chi connectivity index (χ3n) is 20.0. The van der Waals surface area contributed by atoms with Crippen molar-refractivity contribution < 1.29 is 0 Å². The summed E-state index contributed by atoms with van der Waals surface area (Å²) in [7, 11) is 0. The Labute approximate surface area is 438 Å². The first kappa shape index (κ1) is 46.8. The molecule has 0 saturated heterocycles. The zero-order valence-electron chi connectivity index (χ0n) is 45.9. The predicted molar refractivity (Wildman–Crippen MR) is 313 cm³/mol. The summed E-state index contributed by atoms with van der Waals surface area (Å²) in [4.78, 5) is 8.57. The Morgan fingerprint density at radius 3 is 1.70 bits per heavy atom. The maximum Gasteiger partial charge on any atom is 0.252 e. The summed E-state index contributed by atoms with van der Waals surface area (Å²) in [5.74, 6) is 0. The summed E-state index contributed by atoms with van der Waals surface area (Å²) in [5.41, 5.74) is 24.3. The molecule has 0 aromatic heterocycles. The first-order valence-electron chi connectivity index (χ1n) is 28.0. The number of nitrogens with zero attached hydrogens (tertiary/aromatic N) is 3.